The molecule has 15 nitrogen and oxygen atoms in total. The zero-order valence-corrected chi connectivity index (χ0v) is 23.5. The van der Waals surface area contributed by atoms with Crippen LogP contribution in [0.15, 0.2) is 61.1 Å². The fourth-order valence-electron chi connectivity index (χ4n) is 4.23. The Morgan fingerprint density at radius 1 is 0.727 bits per heavy atom. The van der Waals surface area contributed by atoms with Crippen LogP contribution in [0.3, 0.4) is 0 Å². The first kappa shape index (κ1) is 33.1. The number of nitrogens with zero attached hydrogens (tertiary/aromatic N) is 1. The number of rotatable bonds is 16. The smallest absolute Gasteiger partial charge is 0.326 e. The average molecular weight is 611 g/mol. The number of imidazole rings is 1. The van der Waals surface area contributed by atoms with E-state index in [1.54, 1.807) is 24.3 Å². The van der Waals surface area contributed by atoms with Gasteiger partial charge in [-0.1, -0.05) is 24.3 Å². The molecule has 3 amide bonds. The van der Waals surface area contributed by atoms with E-state index >= 15 is 0 Å². The first-order valence-corrected chi connectivity index (χ1v) is 13.6. The zero-order valence-electron chi connectivity index (χ0n) is 23.5. The highest BCUT2D eigenvalue weighted by molar-refractivity contribution is 5.94. The van der Waals surface area contributed by atoms with Gasteiger partial charge in [0.15, 0.2) is 0 Å². The molecule has 234 valence electrons. The van der Waals surface area contributed by atoms with E-state index < -0.39 is 60.2 Å². The lowest BCUT2D eigenvalue weighted by Gasteiger charge is -2.25. The molecule has 1 heterocycles. The molecule has 0 saturated carbocycles. The molecule has 0 aliphatic carbocycles. The van der Waals surface area contributed by atoms with Crippen LogP contribution in [-0.2, 0) is 43.2 Å². The van der Waals surface area contributed by atoms with Crippen molar-refractivity contribution in [1.82, 2.24) is 25.9 Å². The minimum atomic E-state index is -1.54. The number of hydrogen-bond acceptors (Lipinski definition) is 9. The van der Waals surface area contributed by atoms with Crippen LogP contribution in [0.25, 0.3) is 0 Å². The fourth-order valence-corrected chi connectivity index (χ4v) is 4.23. The van der Waals surface area contributed by atoms with Crippen LogP contribution in [0.2, 0.25) is 0 Å². The quantitative estimate of drug-likeness (QED) is 0.101. The van der Waals surface area contributed by atoms with Crippen LogP contribution in [0.1, 0.15) is 29.7 Å². The van der Waals surface area contributed by atoms with Crippen molar-refractivity contribution in [2.24, 2.45) is 5.73 Å². The van der Waals surface area contributed by atoms with Crippen molar-refractivity contribution in [2.45, 2.75) is 56.3 Å². The molecule has 3 rings (SSSR count). The molecule has 2 aromatic carbocycles. The van der Waals surface area contributed by atoms with Gasteiger partial charge in [0.1, 0.15) is 29.6 Å². The number of benzene rings is 2. The highest BCUT2D eigenvalue weighted by atomic mass is 16.4. The minimum absolute atomic E-state index is 0.0121. The molecule has 4 atom stereocenters. The van der Waals surface area contributed by atoms with Crippen LogP contribution >= 0.6 is 0 Å². The first-order valence-electron chi connectivity index (χ1n) is 13.6. The van der Waals surface area contributed by atoms with Crippen LogP contribution in [0, 0.1) is 0 Å². The lowest BCUT2D eigenvalue weighted by atomic mass is 10.0. The number of aromatic amines is 1. The first-order chi connectivity index (χ1) is 20.9. The normalized spacial score (nSPS) is 13.6. The number of phenolic OH excluding ortho intramolecular Hbond substituents is 2. The predicted molar refractivity (Wildman–Crippen MR) is 154 cm³/mol. The topological polar surface area (TPSA) is 257 Å². The van der Waals surface area contributed by atoms with Gasteiger partial charge in [-0.15, -0.1) is 0 Å². The summed E-state index contributed by atoms with van der Waals surface area (Å²) in [6.07, 6.45) is 1.75. The molecule has 0 aliphatic heterocycles. The lowest BCUT2D eigenvalue weighted by Crippen LogP contribution is -2.58. The number of carbonyl (C=O) groups is 5. The number of aliphatic carboxylic acids is 2. The van der Waals surface area contributed by atoms with Gasteiger partial charge in [-0.25, -0.2) is 9.78 Å². The molecule has 0 spiro atoms. The number of hydrogen-bond donors (Lipinski definition) is 9. The molecule has 0 bridgehead atoms. The van der Waals surface area contributed by atoms with Crippen molar-refractivity contribution in [3.8, 4) is 11.5 Å². The maximum atomic E-state index is 13.6. The largest absolute Gasteiger partial charge is 0.508 e. The van der Waals surface area contributed by atoms with Gasteiger partial charge < -0.3 is 47.1 Å². The van der Waals surface area contributed by atoms with Crippen molar-refractivity contribution in [1.29, 1.82) is 0 Å². The predicted octanol–water partition coefficient (Wildman–Crippen LogP) is -0.420. The third-order valence-corrected chi connectivity index (χ3v) is 6.61. The van der Waals surface area contributed by atoms with Crippen LogP contribution in [0.5, 0.6) is 11.5 Å². The Bertz CT molecular complexity index is 1430. The Morgan fingerprint density at radius 2 is 1.23 bits per heavy atom. The Labute approximate surface area is 251 Å². The molecule has 15 heteroatoms. The molecule has 0 radical (unpaired) electrons. The third-order valence-electron chi connectivity index (χ3n) is 6.61. The molecule has 0 saturated heterocycles. The van der Waals surface area contributed by atoms with E-state index in [-0.39, 0.29) is 37.2 Å². The van der Waals surface area contributed by atoms with Gasteiger partial charge in [-0.2, -0.15) is 0 Å². The van der Waals surface area contributed by atoms with E-state index in [1.807, 2.05) is 0 Å². The second-order valence-electron chi connectivity index (χ2n) is 10.1. The third kappa shape index (κ3) is 10.4. The monoisotopic (exact) mass is 610 g/mol. The average Bonchev–Trinajstić information content (AvgIpc) is 3.49. The molecule has 4 unspecified atom stereocenters. The van der Waals surface area contributed by atoms with Crippen LogP contribution in [0.4, 0.5) is 0 Å². The Hall–Kier alpha value is -5.44. The number of aromatic hydroxyl groups is 2. The molecule has 44 heavy (non-hydrogen) atoms. The molecule has 0 fully saturated rings. The van der Waals surface area contributed by atoms with Gasteiger partial charge in [0.2, 0.25) is 17.7 Å². The lowest BCUT2D eigenvalue weighted by molar-refractivity contribution is -0.143. The summed E-state index contributed by atoms with van der Waals surface area (Å²) in [6.45, 7) is 0. The summed E-state index contributed by atoms with van der Waals surface area (Å²) in [5, 5.41) is 45.0. The van der Waals surface area contributed by atoms with E-state index in [4.69, 9.17) is 10.8 Å². The number of nitrogens with one attached hydrogen (secondary N) is 4. The number of nitrogens with two attached hydrogens (primary N) is 1. The van der Waals surface area contributed by atoms with E-state index in [2.05, 4.69) is 25.9 Å². The standard InChI is InChI=1S/C29H34N6O9/c30-21(11-16-1-5-19(36)6-2-16)26(40)34-23(12-17-3-7-20(37)8-4-17)27(41)35-24(13-18-14-31-15-32-18)28(42)33-22(29(43)44)9-10-25(38)39/h1-8,14-15,21-24,36-37H,9-13,30H2,(H,31,32)(H,33,42)(H,34,40)(H,35,41)(H,38,39)(H,43,44). The minimum Gasteiger partial charge on any atom is -0.508 e. The van der Waals surface area contributed by atoms with Crippen LogP contribution < -0.4 is 21.7 Å². The Balaban J connectivity index is 1.81. The van der Waals surface area contributed by atoms with E-state index in [9.17, 15) is 39.3 Å². The van der Waals surface area contributed by atoms with Gasteiger partial charge in [0.05, 0.1) is 12.4 Å². The second kappa shape index (κ2) is 15.7. The molecule has 0 aliphatic rings. The van der Waals surface area contributed by atoms with E-state index in [0.717, 1.165) is 0 Å². The van der Waals surface area contributed by atoms with Crippen molar-refractivity contribution >= 4 is 29.7 Å². The van der Waals surface area contributed by atoms with Crippen LogP contribution in [-0.4, -0.2) is 84.2 Å². The van der Waals surface area contributed by atoms with Crippen molar-refractivity contribution in [2.75, 3.05) is 0 Å². The molecular weight excluding hydrogens is 576 g/mol. The molecule has 10 N–H and O–H groups in total. The highest BCUT2D eigenvalue weighted by Gasteiger charge is 2.31. The number of carboxylic acids is 2. The van der Waals surface area contributed by atoms with Gasteiger partial charge >= 0.3 is 11.9 Å². The zero-order chi connectivity index (χ0) is 32.2. The number of aromatic nitrogens is 2. The SMILES string of the molecule is NC(Cc1ccc(O)cc1)C(=O)NC(Cc1ccc(O)cc1)C(=O)NC(Cc1cnc[nH]1)C(=O)NC(CCC(=O)O)C(=O)O. The number of amides is 3. The van der Waals surface area contributed by atoms with Gasteiger partial charge in [0, 0.05) is 31.2 Å². The van der Waals surface area contributed by atoms with E-state index in [0.29, 0.717) is 16.8 Å². The molecular formula is C29H34N6O9. The summed E-state index contributed by atoms with van der Waals surface area (Å²) in [7, 11) is 0. The maximum absolute atomic E-state index is 13.6. The van der Waals surface area contributed by atoms with Crippen molar-refractivity contribution in [3.63, 3.8) is 0 Å². The molecule has 1 aromatic heterocycles. The van der Waals surface area contributed by atoms with E-state index in [1.165, 1.54) is 36.8 Å². The number of carbonyl (C=O) groups excluding carboxylic acids is 3. The Kier molecular flexibility index (Phi) is 11.8. The maximum Gasteiger partial charge on any atom is 0.326 e. The summed E-state index contributed by atoms with van der Waals surface area (Å²) in [5.74, 6) is -5.03. The number of H-pyrrole nitrogens is 1. The summed E-state index contributed by atoms with van der Waals surface area (Å²) in [6, 6.07) is 6.78. The summed E-state index contributed by atoms with van der Waals surface area (Å²) >= 11 is 0. The molecule has 3 aromatic rings. The number of carboxylic acid groups (broad SMARTS) is 2. The second-order valence-corrected chi connectivity index (χ2v) is 10.1. The Morgan fingerprint density at radius 3 is 1.73 bits per heavy atom. The summed E-state index contributed by atoms with van der Waals surface area (Å²) < 4.78 is 0. The van der Waals surface area contributed by atoms with Gasteiger partial charge in [-0.3, -0.25) is 19.2 Å². The van der Waals surface area contributed by atoms with Gasteiger partial charge in [0.25, 0.3) is 0 Å². The summed E-state index contributed by atoms with van der Waals surface area (Å²) in [4.78, 5) is 69.2. The van der Waals surface area contributed by atoms with Crippen molar-refractivity contribution < 1.29 is 44.4 Å². The highest BCUT2D eigenvalue weighted by Crippen LogP contribution is 2.14. The van der Waals surface area contributed by atoms with Crippen molar-refractivity contribution in [3.05, 3.63) is 77.9 Å². The van der Waals surface area contributed by atoms with Gasteiger partial charge in [-0.05, 0) is 48.2 Å². The fraction of sp³-hybridized carbons (Fsp3) is 0.310. The summed E-state index contributed by atoms with van der Waals surface area (Å²) in [5.41, 5.74) is 7.76. The number of phenols is 2.